The van der Waals surface area contributed by atoms with Crippen molar-refractivity contribution < 1.29 is 9.47 Å². The van der Waals surface area contributed by atoms with Crippen LogP contribution in [-0.4, -0.2) is 28.0 Å². The molecule has 5 rings (SSSR count). The summed E-state index contributed by atoms with van der Waals surface area (Å²) in [4.78, 5) is 4.65. The third-order valence-electron chi connectivity index (χ3n) is 5.03. The minimum atomic E-state index is -0.445. The van der Waals surface area contributed by atoms with Crippen LogP contribution in [0, 0.1) is 0 Å². The average molecular weight is 417 g/mol. The van der Waals surface area contributed by atoms with Crippen LogP contribution in [-0.2, 0) is 0 Å². The lowest BCUT2D eigenvalue weighted by Crippen LogP contribution is -2.17. The minimum Gasteiger partial charge on any atom is -0.496 e. The van der Waals surface area contributed by atoms with Crippen LogP contribution in [0.3, 0.4) is 0 Å². The number of thioether (sulfide) groups is 1. The summed E-state index contributed by atoms with van der Waals surface area (Å²) in [5, 5.41) is 14.9. The van der Waals surface area contributed by atoms with Gasteiger partial charge in [-0.3, -0.25) is 0 Å². The molecule has 4 aromatic rings. The first-order valence-electron chi connectivity index (χ1n) is 9.74. The minimum absolute atomic E-state index is 0.445. The summed E-state index contributed by atoms with van der Waals surface area (Å²) >= 11 is 1.54. The number of ether oxygens (including phenoxy) is 2. The Hall–Kier alpha value is -3.32. The summed E-state index contributed by atoms with van der Waals surface area (Å²) in [7, 11) is 1.68. The highest BCUT2D eigenvalue weighted by Crippen LogP contribution is 2.41. The lowest BCUT2D eigenvalue weighted by atomic mass is 10.0. The van der Waals surface area contributed by atoms with Gasteiger partial charge in [0.1, 0.15) is 5.75 Å². The molecule has 3 aromatic carbocycles. The third kappa shape index (κ3) is 3.21. The second kappa shape index (κ2) is 7.84. The Morgan fingerprint density at radius 3 is 2.63 bits per heavy atom. The van der Waals surface area contributed by atoms with E-state index < -0.39 is 6.23 Å². The number of fused-ring (bicyclic) bond motifs is 4. The van der Waals surface area contributed by atoms with Crippen LogP contribution in [0.2, 0.25) is 0 Å². The topological polar surface area (TPSA) is 69.2 Å². The Balaban J connectivity index is 1.68. The molecule has 1 aromatic heterocycles. The maximum Gasteiger partial charge on any atom is 0.247 e. The number of methoxy groups -OCH3 is 1. The van der Waals surface area contributed by atoms with Gasteiger partial charge in [0.25, 0.3) is 0 Å². The fourth-order valence-corrected chi connectivity index (χ4v) is 4.18. The zero-order valence-electron chi connectivity index (χ0n) is 16.6. The Kier molecular flexibility index (Phi) is 4.88. The lowest BCUT2D eigenvalue weighted by molar-refractivity contribution is 0.226. The second-order valence-electron chi connectivity index (χ2n) is 6.77. The number of hydrogen-bond acceptors (Lipinski definition) is 7. The third-order valence-corrected chi connectivity index (χ3v) is 5.75. The quantitative estimate of drug-likeness (QED) is 0.452. The molecule has 150 valence electrons. The molecule has 7 heteroatoms. The van der Waals surface area contributed by atoms with E-state index in [2.05, 4.69) is 39.6 Å². The molecule has 0 amide bonds. The number of nitrogens with zero attached hydrogens (tertiary/aromatic N) is 3. The first kappa shape index (κ1) is 18.7. The Morgan fingerprint density at radius 2 is 1.80 bits per heavy atom. The Morgan fingerprint density at radius 1 is 1.00 bits per heavy atom. The molecule has 1 aliphatic heterocycles. The first-order chi connectivity index (χ1) is 14.8. The van der Waals surface area contributed by atoms with Crippen LogP contribution in [0.4, 0.5) is 5.69 Å². The molecule has 0 saturated heterocycles. The van der Waals surface area contributed by atoms with Gasteiger partial charge in [-0.25, -0.2) is 0 Å². The molecule has 6 nitrogen and oxygen atoms in total. The van der Waals surface area contributed by atoms with E-state index in [9.17, 15) is 0 Å². The highest BCUT2D eigenvalue weighted by molar-refractivity contribution is 7.99. The molecule has 0 radical (unpaired) electrons. The summed E-state index contributed by atoms with van der Waals surface area (Å²) < 4.78 is 12.0. The van der Waals surface area contributed by atoms with Gasteiger partial charge in [-0.15, -0.1) is 10.2 Å². The zero-order valence-corrected chi connectivity index (χ0v) is 17.4. The van der Waals surface area contributed by atoms with E-state index in [1.54, 1.807) is 7.11 Å². The monoisotopic (exact) mass is 416 g/mol. The average Bonchev–Trinajstić information content (AvgIpc) is 2.95. The fraction of sp³-hybridized carbons (Fsp3) is 0.174. The van der Waals surface area contributed by atoms with Crippen LogP contribution >= 0.6 is 11.8 Å². The van der Waals surface area contributed by atoms with Gasteiger partial charge in [0.05, 0.1) is 7.11 Å². The van der Waals surface area contributed by atoms with Crippen LogP contribution < -0.4 is 14.8 Å². The van der Waals surface area contributed by atoms with Crippen molar-refractivity contribution in [3.05, 3.63) is 66.2 Å². The zero-order chi connectivity index (χ0) is 20.5. The fourth-order valence-electron chi connectivity index (χ4n) is 3.68. The Bertz CT molecular complexity index is 1230. The van der Waals surface area contributed by atoms with Gasteiger partial charge in [-0.1, -0.05) is 61.2 Å². The van der Waals surface area contributed by atoms with E-state index in [1.165, 1.54) is 11.8 Å². The van der Waals surface area contributed by atoms with Crippen molar-refractivity contribution in [3.8, 4) is 22.9 Å². The normalized spacial score (nSPS) is 14.8. The molecule has 1 N–H and O–H groups in total. The molecular formula is C23H20N4O2S. The van der Waals surface area contributed by atoms with Crippen LogP contribution in [0.15, 0.2) is 65.8 Å². The van der Waals surface area contributed by atoms with Crippen molar-refractivity contribution in [3.63, 3.8) is 0 Å². The number of aromatic nitrogens is 3. The van der Waals surface area contributed by atoms with Crippen LogP contribution in [0.25, 0.3) is 22.0 Å². The molecule has 1 atom stereocenters. The van der Waals surface area contributed by atoms with E-state index in [0.29, 0.717) is 16.7 Å². The van der Waals surface area contributed by atoms with Crippen molar-refractivity contribution >= 4 is 28.2 Å². The van der Waals surface area contributed by atoms with Gasteiger partial charge < -0.3 is 14.8 Å². The van der Waals surface area contributed by atoms with Crippen molar-refractivity contribution in [2.75, 3.05) is 18.2 Å². The molecule has 0 bridgehead atoms. The smallest absolute Gasteiger partial charge is 0.247 e. The molecule has 30 heavy (non-hydrogen) atoms. The van der Waals surface area contributed by atoms with Crippen LogP contribution in [0.1, 0.15) is 18.7 Å². The van der Waals surface area contributed by atoms with Gasteiger partial charge in [0.15, 0.2) is 11.9 Å². The standard InChI is InChI=1S/C23H20N4O2S/c1-3-30-23-25-22-20(26-27-23)17-10-6-7-11-18(17)24-21(29-22)16-12-13-19(28-2)15-9-5-4-8-14(15)16/h4-13,21,24H,3H2,1-2H3/t21-/m0/s1. The molecule has 0 unspecified atom stereocenters. The molecule has 0 fully saturated rings. The predicted molar refractivity (Wildman–Crippen MR) is 119 cm³/mol. The van der Waals surface area contributed by atoms with E-state index in [0.717, 1.165) is 39.1 Å². The number of anilines is 1. The molecule has 2 heterocycles. The summed E-state index contributed by atoms with van der Waals surface area (Å²) in [5.74, 6) is 2.17. The van der Waals surface area contributed by atoms with Crippen LogP contribution in [0.5, 0.6) is 11.6 Å². The predicted octanol–water partition coefficient (Wildman–Crippen LogP) is 5.32. The second-order valence-corrected chi connectivity index (χ2v) is 8.00. The SMILES string of the molecule is CCSc1nnc2c(n1)O[C@@H](c1ccc(OC)c3ccccc13)Nc1ccccc1-2. The Labute approximate surface area is 178 Å². The van der Waals surface area contributed by atoms with Crippen molar-refractivity contribution in [1.29, 1.82) is 0 Å². The van der Waals surface area contributed by atoms with Gasteiger partial charge in [-0.05, 0) is 29.3 Å². The van der Waals surface area contributed by atoms with Crippen molar-refractivity contribution in [2.45, 2.75) is 18.3 Å². The molecular weight excluding hydrogens is 396 g/mol. The van der Waals surface area contributed by atoms with Crippen molar-refractivity contribution in [1.82, 2.24) is 15.2 Å². The highest BCUT2D eigenvalue weighted by atomic mass is 32.2. The number of hydrogen-bond donors (Lipinski definition) is 1. The molecule has 0 aliphatic carbocycles. The summed E-state index contributed by atoms with van der Waals surface area (Å²) in [6.07, 6.45) is -0.445. The largest absolute Gasteiger partial charge is 0.496 e. The maximum absolute atomic E-state index is 6.42. The van der Waals surface area contributed by atoms with Gasteiger partial charge >= 0.3 is 0 Å². The lowest BCUT2D eigenvalue weighted by Gasteiger charge is -2.21. The summed E-state index contributed by atoms with van der Waals surface area (Å²) in [6, 6.07) is 20.1. The van der Waals surface area contributed by atoms with E-state index in [4.69, 9.17) is 9.47 Å². The highest BCUT2D eigenvalue weighted by Gasteiger charge is 2.27. The molecule has 0 saturated carbocycles. The van der Waals surface area contributed by atoms with E-state index in [-0.39, 0.29) is 0 Å². The van der Waals surface area contributed by atoms with Crippen molar-refractivity contribution in [2.24, 2.45) is 0 Å². The van der Waals surface area contributed by atoms with Gasteiger partial charge in [-0.2, -0.15) is 4.98 Å². The van der Waals surface area contributed by atoms with E-state index >= 15 is 0 Å². The maximum atomic E-state index is 6.42. The number of benzene rings is 3. The van der Waals surface area contributed by atoms with Gasteiger partial charge in [0.2, 0.25) is 11.0 Å². The van der Waals surface area contributed by atoms with Gasteiger partial charge in [0, 0.05) is 22.2 Å². The molecule has 1 aliphatic rings. The molecule has 0 spiro atoms. The number of nitrogens with one attached hydrogen (secondary N) is 1. The summed E-state index contributed by atoms with van der Waals surface area (Å²) in [5.41, 5.74) is 3.48. The van der Waals surface area contributed by atoms with E-state index in [1.807, 2.05) is 48.5 Å². The number of rotatable bonds is 4. The summed E-state index contributed by atoms with van der Waals surface area (Å²) in [6.45, 7) is 2.06. The first-order valence-corrected chi connectivity index (χ1v) is 10.7. The number of para-hydroxylation sites is 1.